The summed E-state index contributed by atoms with van der Waals surface area (Å²) in [6, 6.07) is 0.367. The minimum atomic E-state index is -3.90. The van der Waals surface area contributed by atoms with Gasteiger partial charge in [-0.2, -0.15) is 0 Å². The van der Waals surface area contributed by atoms with Gasteiger partial charge in [-0.05, 0) is 25.2 Å². The topological polar surface area (TPSA) is 69.6 Å². The molecule has 1 aliphatic heterocycles. The highest BCUT2D eigenvalue weighted by Gasteiger charge is 2.42. The highest BCUT2D eigenvalue weighted by molar-refractivity contribution is 7.52. The van der Waals surface area contributed by atoms with E-state index in [1.165, 1.54) is 12.8 Å². The number of fused-ring (bicyclic) bond motifs is 1. The zero-order valence-corrected chi connectivity index (χ0v) is 8.41. The molecular formula is C8H16NO3P. The summed E-state index contributed by atoms with van der Waals surface area (Å²) >= 11 is 0. The molecule has 2 aliphatic rings. The number of nitrogens with one attached hydrogen (secondary N) is 1. The van der Waals surface area contributed by atoms with E-state index in [2.05, 4.69) is 5.32 Å². The minimum Gasteiger partial charge on any atom is -0.323 e. The molecule has 3 unspecified atom stereocenters. The van der Waals surface area contributed by atoms with E-state index in [1.807, 2.05) is 0 Å². The van der Waals surface area contributed by atoms with Crippen molar-refractivity contribution in [3.8, 4) is 0 Å². The van der Waals surface area contributed by atoms with Gasteiger partial charge in [-0.1, -0.05) is 12.8 Å². The van der Waals surface area contributed by atoms with E-state index in [1.54, 1.807) is 0 Å². The second kappa shape index (κ2) is 3.35. The van der Waals surface area contributed by atoms with Crippen molar-refractivity contribution >= 4 is 7.60 Å². The maximum absolute atomic E-state index is 11.0. The molecule has 0 radical (unpaired) electrons. The smallest absolute Gasteiger partial charge is 0.323 e. The molecule has 1 heterocycles. The average Bonchev–Trinajstić information content (AvgIpc) is 2.45. The van der Waals surface area contributed by atoms with Gasteiger partial charge in [0, 0.05) is 6.04 Å². The van der Waals surface area contributed by atoms with Gasteiger partial charge in [0.1, 0.15) is 5.78 Å². The highest BCUT2D eigenvalue weighted by atomic mass is 31.2. The summed E-state index contributed by atoms with van der Waals surface area (Å²) in [4.78, 5) is 18.0. The van der Waals surface area contributed by atoms with E-state index in [4.69, 9.17) is 9.79 Å². The minimum absolute atomic E-state index is 0.367. The van der Waals surface area contributed by atoms with Gasteiger partial charge >= 0.3 is 7.60 Å². The molecule has 2 rings (SSSR count). The fraction of sp³-hybridized carbons (Fsp3) is 1.00. The Hall–Kier alpha value is 0.110. The standard InChI is InChI=1S/C8H16NO3P/c10-13(11,12)8-5-6-3-1-2-4-7(6)9-8/h6-9H,1-5H2,(H2,10,11,12). The van der Waals surface area contributed by atoms with Gasteiger partial charge < -0.3 is 15.1 Å². The summed E-state index contributed by atoms with van der Waals surface area (Å²) in [5.41, 5.74) is 0. The van der Waals surface area contributed by atoms with Gasteiger partial charge in [-0.15, -0.1) is 0 Å². The zero-order chi connectivity index (χ0) is 9.47. The van der Waals surface area contributed by atoms with Crippen molar-refractivity contribution in [2.24, 2.45) is 5.92 Å². The van der Waals surface area contributed by atoms with E-state index in [9.17, 15) is 4.57 Å². The first-order chi connectivity index (χ1) is 6.07. The van der Waals surface area contributed by atoms with Crippen LogP contribution in [-0.4, -0.2) is 21.6 Å². The Balaban J connectivity index is 2.03. The van der Waals surface area contributed by atoms with Crippen LogP contribution < -0.4 is 5.32 Å². The Morgan fingerprint density at radius 1 is 1.23 bits per heavy atom. The molecule has 1 saturated carbocycles. The molecule has 4 nitrogen and oxygen atoms in total. The van der Waals surface area contributed by atoms with Gasteiger partial charge in [0.05, 0.1) is 0 Å². The van der Waals surface area contributed by atoms with E-state index in [0.29, 0.717) is 18.4 Å². The molecule has 3 atom stereocenters. The van der Waals surface area contributed by atoms with E-state index in [0.717, 1.165) is 12.8 Å². The fourth-order valence-electron chi connectivity index (χ4n) is 2.55. The molecule has 76 valence electrons. The second-order valence-electron chi connectivity index (χ2n) is 4.16. The lowest BCUT2D eigenvalue weighted by Crippen LogP contribution is -2.32. The summed E-state index contributed by atoms with van der Waals surface area (Å²) in [5, 5.41) is 3.07. The Kier molecular flexibility index (Phi) is 2.49. The largest absolute Gasteiger partial charge is 0.342 e. The lowest BCUT2D eigenvalue weighted by Gasteiger charge is -2.24. The van der Waals surface area contributed by atoms with Gasteiger partial charge in [0.15, 0.2) is 0 Å². The maximum Gasteiger partial charge on any atom is 0.342 e. The zero-order valence-electron chi connectivity index (χ0n) is 7.52. The van der Waals surface area contributed by atoms with Gasteiger partial charge in [0.2, 0.25) is 0 Å². The normalized spacial score (nSPS) is 40.3. The highest BCUT2D eigenvalue weighted by Crippen LogP contribution is 2.48. The van der Waals surface area contributed by atoms with Gasteiger partial charge in [-0.3, -0.25) is 4.57 Å². The number of hydrogen-bond donors (Lipinski definition) is 3. The summed E-state index contributed by atoms with van der Waals surface area (Å²) in [5.74, 6) is -0.0630. The third-order valence-electron chi connectivity index (χ3n) is 3.25. The first kappa shape index (κ1) is 9.66. The number of hydrogen-bond acceptors (Lipinski definition) is 2. The molecule has 3 N–H and O–H groups in total. The molecule has 0 bridgehead atoms. The van der Waals surface area contributed by atoms with Gasteiger partial charge in [-0.25, -0.2) is 0 Å². The summed E-state index contributed by atoms with van der Waals surface area (Å²) in [7, 11) is -3.90. The van der Waals surface area contributed by atoms with Crippen LogP contribution in [0.25, 0.3) is 0 Å². The van der Waals surface area contributed by atoms with Crippen molar-refractivity contribution in [2.75, 3.05) is 0 Å². The van der Waals surface area contributed by atoms with Crippen molar-refractivity contribution in [2.45, 2.75) is 43.9 Å². The van der Waals surface area contributed by atoms with Gasteiger partial charge in [0.25, 0.3) is 0 Å². The van der Waals surface area contributed by atoms with Crippen LogP contribution in [-0.2, 0) is 4.57 Å². The van der Waals surface area contributed by atoms with Crippen molar-refractivity contribution in [1.82, 2.24) is 5.32 Å². The Bertz CT molecular complexity index is 226. The van der Waals surface area contributed by atoms with Crippen LogP contribution in [0.1, 0.15) is 32.1 Å². The van der Waals surface area contributed by atoms with E-state index in [-0.39, 0.29) is 0 Å². The maximum atomic E-state index is 11.0. The molecule has 5 heteroatoms. The molecule has 0 amide bonds. The van der Waals surface area contributed by atoms with E-state index < -0.39 is 13.4 Å². The Morgan fingerprint density at radius 2 is 1.92 bits per heavy atom. The van der Waals surface area contributed by atoms with Crippen LogP contribution in [0, 0.1) is 5.92 Å². The second-order valence-corrected chi connectivity index (χ2v) is 5.96. The molecule has 0 aromatic rings. The molecule has 1 aliphatic carbocycles. The van der Waals surface area contributed by atoms with Crippen molar-refractivity contribution < 1.29 is 14.4 Å². The van der Waals surface area contributed by atoms with Crippen LogP contribution in [0.5, 0.6) is 0 Å². The van der Waals surface area contributed by atoms with Crippen LogP contribution >= 0.6 is 7.60 Å². The monoisotopic (exact) mass is 205 g/mol. The molecule has 0 aromatic carbocycles. The van der Waals surface area contributed by atoms with Crippen molar-refractivity contribution in [3.63, 3.8) is 0 Å². The van der Waals surface area contributed by atoms with Crippen LogP contribution in [0.4, 0.5) is 0 Å². The lowest BCUT2D eigenvalue weighted by molar-refractivity contribution is 0.325. The molecule has 1 saturated heterocycles. The quantitative estimate of drug-likeness (QED) is 0.559. The van der Waals surface area contributed by atoms with Crippen molar-refractivity contribution in [1.29, 1.82) is 0 Å². The lowest BCUT2D eigenvalue weighted by atomic mass is 9.86. The fourth-order valence-corrected chi connectivity index (χ4v) is 3.48. The molecule has 13 heavy (non-hydrogen) atoms. The van der Waals surface area contributed by atoms with Crippen molar-refractivity contribution in [3.05, 3.63) is 0 Å². The predicted octanol–water partition coefficient (Wildman–Crippen LogP) is 1.04. The summed E-state index contributed by atoms with van der Waals surface area (Å²) in [6.07, 6.45) is 5.29. The summed E-state index contributed by atoms with van der Waals surface area (Å²) in [6.45, 7) is 0. The molecule has 0 aromatic heterocycles. The third kappa shape index (κ3) is 1.96. The first-order valence-electron chi connectivity index (χ1n) is 4.88. The summed E-state index contributed by atoms with van der Waals surface area (Å²) < 4.78 is 11.0. The number of rotatable bonds is 1. The van der Waals surface area contributed by atoms with Crippen LogP contribution in [0.15, 0.2) is 0 Å². The average molecular weight is 205 g/mol. The molecular weight excluding hydrogens is 189 g/mol. The third-order valence-corrected chi connectivity index (χ3v) is 4.42. The Labute approximate surface area is 77.9 Å². The van der Waals surface area contributed by atoms with Crippen LogP contribution in [0.3, 0.4) is 0 Å². The Morgan fingerprint density at radius 3 is 2.54 bits per heavy atom. The SMILES string of the molecule is O=P(O)(O)C1CC2CCCCC2N1. The first-order valence-corrected chi connectivity index (χ1v) is 6.57. The molecule has 0 spiro atoms. The van der Waals surface area contributed by atoms with E-state index >= 15 is 0 Å². The van der Waals surface area contributed by atoms with Crippen LogP contribution in [0.2, 0.25) is 0 Å². The predicted molar refractivity (Wildman–Crippen MR) is 49.3 cm³/mol. The molecule has 2 fully saturated rings.